The summed E-state index contributed by atoms with van der Waals surface area (Å²) in [6.07, 6.45) is 9.95. The van der Waals surface area contributed by atoms with E-state index in [2.05, 4.69) is 37.8 Å². The van der Waals surface area contributed by atoms with E-state index in [0.29, 0.717) is 6.04 Å². The standard InChI is InChI=1S/C20H27N5O/c1-24-12-10-21-20(24)9-6-15-5-3-4-11-25(15)14-19-17-13-16(26-2)7-8-18(17)22-23-19/h7-8,10,12-13,15H,3-6,9,11,14H2,1-2H3,(H,22,23). The van der Waals surface area contributed by atoms with Gasteiger partial charge in [-0.3, -0.25) is 10.00 Å². The van der Waals surface area contributed by atoms with Gasteiger partial charge in [0.25, 0.3) is 0 Å². The van der Waals surface area contributed by atoms with Crippen molar-refractivity contribution in [1.29, 1.82) is 0 Å². The first-order valence-corrected chi connectivity index (χ1v) is 9.46. The second-order valence-electron chi connectivity index (χ2n) is 7.20. The number of nitrogens with zero attached hydrogens (tertiary/aromatic N) is 4. The fourth-order valence-electron chi connectivity index (χ4n) is 4.02. The molecule has 0 amide bonds. The summed E-state index contributed by atoms with van der Waals surface area (Å²) in [5.74, 6) is 2.05. The summed E-state index contributed by atoms with van der Waals surface area (Å²) < 4.78 is 7.51. The molecule has 0 spiro atoms. The predicted molar refractivity (Wildman–Crippen MR) is 102 cm³/mol. The van der Waals surface area contributed by atoms with Gasteiger partial charge < -0.3 is 9.30 Å². The van der Waals surface area contributed by atoms with E-state index in [1.807, 2.05) is 24.5 Å². The second-order valence-corrected chi connectivity index (χ2v) is 7.20. The maximum absolute atomic E-state index is 5.38. The summed E-state index contributed by atoms with van der Waals surface area (Å²) in [5.41, 5.74) is 2.19. The van der Waals surface area contributed by atoms with Crippen LogP contribution in [0.2, 0.25) is 0 Å². The Hall–Kier alpha value is -2.34. The number of benzene rings is 1. The molecule has 0 aliphatic carbocycles. The molecule has 0 bridgehead atoms. The first kappa shape index (κ1) is 17.1. The van der Waals surface area contributed by atoms with E-state index in [0.717, 1.165) is 42.6 Å². The van der Waals surface area contributed by atoms with Crippen LogP contribution in [0, 0.1) is 0 Å². The summed E-state index contributed by atoms with van der Waals surface area (Å²) in [6, 6.07) is 6.66. The molecular weight excluding hydrogens is 326 g/mol. The van der Waals surface area contributed by atoms with Crippen LogP contribution in [0.5, 0.6) is 5.75 Å². The van der Waals surface area contributed by atoms with E-state index in [-0.39, 0.29) is 0 Å². The SMILES string of the molecule is COc1ccc2n[nH]c(CN3CCCCC3CCc3nccn3C)c2c1. The van der Waals surface area contributed by atoms with Crippen molar-refractivity contribution in [3.8, 4) is 5.75 Å². The molecule has 1 aliphatic rings. The van der Waals surface area contributed by atoms with Gasteiger partial charge in [0.15, 0.2) is 0 Å². The third kappa shape index (κ3) is 3.46. The molecule has 2 aromatic heterocycles. The van der Waals surface area contributed by atoms with Crippen LogP contribution < -0.4 is 4.74 Å². The number of fused-ring (bicyclic) bond motifs is 1. The van der Waals surface area contributed by atoms with Crippen LogP contribution >= 0.6 is 0 Å². The van der Waals surface area contributed by atoms with Crippen LogP contribution in [0.15, 0.2) is 30.6 Å². The zero-order chi connectivity index (χ0) is 17.9. The molecule has 1 aliphatic heterocycles. The fraction of sp³-hybridized carbons (Fsp3) is 0.500. The zero-order valence-electron chi connectivity index (χ0n) is 15.6. The second kappa shape index (κ2) is 7.50. The normalized spacial score (nSPS) is 18.5. The van der Waals surface area contributed by atoms with Crippen molar-refractivity contribution in [3.63, 3.8) is 0 Å². The van der Waals surface area contributed by atoms with Gasteiger partial charge in [0.1, 0.15) is 11.6 Å². The van der Waals surface area contributed by atoms with Crippen LogP contribution in [0.25, 0.3) is 10.9 Å². The largest absolute Gasteiger partial charge is 0.497 e. The average Bonchev–Trinajstić information content (AvgIpc) is 3.26. The van der Waals surface area contributed by atoms with Crippen molar-refractivity contribution >= 4 is 10.9 Å². The number of ether oxygens (including phenoxy) is 1. The van der Waals surface area contributed by atoms with Crippen molar-refractivity contribution in [2.24, 2.45) is 7.05 Å². The molecule has 1 unspecified atom stereocenters. The van der Waals surface area contributed by atoms with Crippen LogP contribution in [-0.2, 0) is 20.0 Å². The molecule has 1 saturated heterocycles. The van der Waals surface area contributed by atoms with Crippen LogP contribution in [0.4, 0.5) is 0 Å². The molecular formula is C20H27N5O. The smallest absolute Gasteiger partial charge is 0.119 e. The number of methoxy groups -OCH3 is 1. The van der Waals surface area contributed by atoms with E-state index in [4.69, 9.17) is 4.74 Å². The van der Waals surface area contributed by atoms with Gasteiger partial charge in [0.2, 0.25) is 0 Å². The predicted octanol–water partition coefficient (Wildman–Crippen LogP) is 3.29. The van der Waals surface area contributed by atoms with Crippen molar-refractivity contribution in [1.82, 2.24) is 24.6 Å². The lowest BCUT2D eigenvalue weighted by Crippen LogP contribution is -2.39. The molecule has 1 fully saturated rings. The number of piperidine rings is 1. The van der Waals surface area contributed by atoms with Crippen molar-refractivity contribution in [3.05, 3.63) is 42.1 Å². The Morgan fingerprint density at radius 1 is 1.31 bits per heavy atom. The summed E-state index contributed by atoms with van der Waals surface area (Å²) in [5, 5.41) is 8.87. The highest BCUT2D eigenvalue weighted by Gasteiger charge is 2.24. The average molecular weight is 353 g/mol. The number of imidazole rings is 1. The molecule has 1 aromatic carbocycles. The summed E-state index contributed by atoms with van der Waals surface area (Å²) in [4.78, 5) is 7.09. The third-order valence-corrected chi connectivity index (χ3v) is 5.57. The Balaban J connectivity index is 1.49. The Labute approximate surface area is 154 Å². The van der Waals surface area contributed by atoms with E-state index in [1.54, 1.807) is 7.11 Å². The number of hydrogen-bond acceptors (Lipinski definition) is 4. The van der Waals surface area contributed by atoms with E-state index in [9.17, 15) is 0 Å². The molecule has 4 rings (SSSR count). The number of hydrogen-bond donors (Lipinski definition) is 1. The maximum atomic E-state index is 5.38. The minimum absolute atomic E-state index is 0.601. The molecule has 0 saturated carbocycles. The molecule has 138 valence electrons. The lowest BCUT2D eigenvalue weighted by Gasteiger charge is -2.35. The Bertz CT molecular complexity index is 868. The molecule has 26 heavy (non-hydrogen) atoms. The van der Waals surface area contributed by atoms with Crippen LogP contribution in [-0.4, -0.2) is 44.3 Å². The Morgan fingerprint density at radius 3 is 3.04 bits per heavy atom. The number of aromatic amines is 1. The molecule has 1 N–H and O–H groups in total. The van der Waals surface area contributed by atoms with E-state index >= 15 is 0 Å². The first-order chi connectivity index (χ1) is 12.7. The van der Waals surface area contributed by atoms with Gasteiger partial charge in [0, 0.05) is 43.8 Å². The Morgan fingerprint density at radius 2 is 2.23 bits per heavy atom. The number of aryl methyl sites for hydroxylation is 2. The van der Waals surface area contributed by atoms with E-state index in [1.165, 1.54) is 30.8 Å². The fourth-order valence-corrected chi connectivity index (χ4v) is 4.02. The zero-order valence-corrected chi connectivity index (χ0v) is 15.6. The highest BCUT2D eigenvalue weighted by molar-refractivity contribution is 5.82. The molecule has 3 aromatic rings. The molecule has 0 radical (unpaired) electrons. The number of rotatable bonds is 6. The monoisotopic (exact) mass is 353 g/mol. The van der Waals surface area contributed by atoms with Crippen molar-refractivity contribution in [2.75, 3.05) is 13.7 Å². The Kier molecular flexibility index (Phi) is 4.93. The third-order valence-electron chi connectivity index (χ3n) is 5.57. The highest BCUT2D eigenvalue weighted by Crippen LogP contribution is 2.27. The summed E-state index contributed by atoms with van der Waals surface area (Å²) >= 11 is 0. The molecule has 1 atom stereocenters. The van der Waals surface area contributed by atoms with Crippen LogP contribution in [0.3, 0.4) is 0 Å². The molecule has 3 heterocycles. The van der Waals surface area contributed by atoms with Gasteiger partial charge in [-0.25, -0.2) is 4.98 Å². The minimum Gasteiger partial charge on any atom is -0.497 e. The highest BCUT2D eigenvalue weighted by atomic mass is 16.5. The summed E-state index contributed by atoms with van der Waals surface area (Å²) in [6.45, 7) is 2.06. The lowest BCUT2D eigenvalue weighted by molar-refractivity contribution is 0.130. The number of aromatic nitrogens is 4. The number of H-pyrrole nitrogens is 1. The van der Waals surface area contributed by atoms with Gasteiger partial charge in [0.05, 0.1) is 18.3 Å². The first-order valence-electron chi connectivity index (χ1n) is 9.46. The lowest BCUT2D eigenvalue weighted by atomic mass is 9.97. The van der Waals surface area contributed by atoms with Crippen LogP contribution in [0.1, 0.15) is 37.2 Å². The number of likely N-dealkylation sites (tertiary alicyclic amines) is 1. The molecule has 6 nitrogen and oxygen atoms in total. The minimum atomic E-state index is 0.601. The van der Waals surface area contributed by atoms with Crippen molar-refractivity contribution in [2.45, 2.75) is 44.7 Å². The quantitative estimate of drug-likeness (QED) is 0.739. The van der Waals surface area contributed by atoms with Gasteiger partial charge >= 0.3 is 0 Å². The number of nitrogens with one attached hydrogen (secondary N) is 1. The summed E-state index contributed by atoms with van der Waals surface area (Å²) in [7, 11) is 3.78. The van der Waals surface area contributed by atoms with E-state index < -0.39 is 0 Å². The van der Waals surface area contributed by atoms with Gasteiger partial charge in [-0.2, -0.15) is 5.10 Å². The topological polar surface area (TPSA) is 59.0 Å². The maximum Gasteiger partial charge on any atom is 0.119 e. The van der Waals surface area contributed by atoms with Gasteiger partial charge in [-0.15, -0.1) is 0 Å². The molecule has 6 heteroatoms. The van der Waals surface area contributed by atoms with Gasteiger partial charge in [-0.1, -0.05) is 6.42 Å². The van der Waals surface area contributed by atoms with Gasteiger partial charge in [-0.05, 0) is 44.0 Å². The van der Waals surface area contributed by atoms with Crippen molar-refractivity contribution < 1.29 is 4.74 Å².